The molecule has 0 aliphatic rings. The molecule has 0 aliphatic heterocycles. The Morgan fingerprint density at radius 1 is 1.36 bits per heavy atom. The van der Waals surface area contributed by atoms with Crippen molar-refractivity contribution in [2.24, 2.45) is 5.14 Å². The summed E-state index contributed by atoms with van der Waals surface area (Å²) in [6, 6.07) is 6.61. The molecular formula is C9H12BrNO2S. The number of benzene rings is 1. The van der Waals surface area contributed by atoms with Crippen LogP contribution in [0.4, 0.5) is 0 Å². The fraction of sp³-hybridized carbons (Fsp3) is 0.333. The summed E-state index contributed by atoms with van der Waals surface area (Å²) in [6.45, 7) is 2.04. The molecule has 0 bridgehead atoms. The van der Waals surface area contributed by atoms with Gasteiger partial charge in [0, 0.05) is 4.83 Å². The van der Waals surface area contributed by atoms with Crippen LogP contribution in [0.25, 0.3) is 0 Å². The molecule has 1 aromatic rings. The second kappa shape index (κ2) is 4.42. The first-order valence-corrected chi connectivity index (χ1v) is 6.61. The number of sulfonamides is 1. The second-order valence-corrected chi connectivity index (χ2v) is 6.30. The third-order valence-electron chi connectivity index (χ3n) is 1.77. The van der Waals surface area contributed by atoms with Crippen LogP contribution in [-0.4, -0.2) is 13.2 Å². The normalized spacial score (nSPS) is 13.9. The van der Waals surface area contributed by atoms with E-state index in [4.69, 9.17) is 5.14 Å². The highest BCUT2D eigenvalue weighted by molar-refractivity contribution is 9.09. The standard InChI is InChI=1S/C9H12BrNO2S/c1-7(10)6-8-2-4-9(5-3-8)14(11,12)13/h2-5,7H,6H2,1H3,(H2,11,12,13). The molecule has 1 rings (SSSR count). The van der Waals surface area contributed by atoms with Crippen LogP contribution in [0.1, 0.15) is 12.5 Å². The molecule has 2 N–H and O–H groups in total. The SMILES string of the molecule is CC(Br)Cc1ccc(S(N)(=O)=O)cc1. The molecule has 78 valence electrons. The summed E-state index contributed by atoms with van der Waals surface area (Å²) < 4.78 is 21.9. The van der Waals surface area contributed by atoms with Gasteiger partial charge in [-0.15, -0.1) is 0 Å². The molecule has 0 heterocycles. The van der Waals surface area contributed by atoms with Gasteiger partial charge in [-0.1, -0.05) is 35.0 Å². The predicted molar refractivity (Wildman–Crippen MR) is 59.9 cm³/mol. The molecule has 0 saturated heterocycles. The third kappa shape index (κ3) is 3.40. The molecule has 0 radical (unpaired) electrons. The lowest BCUT2D eigenvalue weighted by Crippen LogP contribution is -2.12. The highest BCUT2D eigenvalue weighted by atomic mass is 79.9. The zero-order valence-electron chi connectivity index (χ0n) is 7.77. The van der Waals surface area contributed by atoms with E-state index in [-0.39, 0.29) is 4.90 Å². The molecule has 0 aromatic heterocycles. The van der Waals surface area contributed by atoms with Gasteiger partial charge in [0.15, 0.2) is 0 Å². The van der Waals surface area contributed by atoms with Crippen LogP contribution in [-0.2, 0) is 16.4 Å². The fourth-order valence-electron chi connectivity index (χ4n) is 1.14. The van der Waals surface area contributed by atoms with Gasteiger partial charge >= 0.3 is 0 Å². The Morgan fingerprint density at radius 3 is 2.21 bits per heavy atom. The van der Waals surface area contributed by atoms with Crippen molar-refractivity contribution in [2.75, 3.05) is 0 Å². The van der Waals surface area contributed by atoms with Gasteiger partial charge in [-0.3, -0.25) is 0 Å². The van der Waals surface area contributed by atoms with E-state index in [0.717, 1.165) is 12.0 Å². The Labute approximate surface area is 92.5 Å². The zero-order chi connectivity index (χ0) is 10.8. The number of nitrogens with two attached hydrogens (primary N) is 1. The van der Waals surface area contributed by atoms with E-state index >= 15 is 0 Å². The molecule has 3 nitrogen and oxygen atoms in total. The lowest BCUT2D eigenvalue weighted by atomic mass is 10.1. The first kappa shape index (κ1) is 11.7. The van der Waals surface area contributed by atoms with Crippen LogP contribution in [0, 0.1) is 0 Å². The Kier molecular flexibility index (Phi) is 3.69. The highest BCUT2D eigenvalue weighted by Gasteiger charge is 2.07. The van der Waals surface area contributed by atoms with Crippen molar-refractivity contribution in [2.45, 2.75) is 23.1 Å². The first-order chi connectivity index (χ1) is 6.39. The molecular weight excluding hydrogens is 266 g/mol. The van der Waals surface area contributed by atoms with Crippen LogP contribution in [0.5, 0.6) is 0 Å². The predicted octanol–water partition coefficient (Wildman–Crippen LogP) is 1.66. The summed E-state index contributed by atoms with van der Waals surface area (Å²) >= 11 is 3.43. The van der Waals surface area contributed by atoms with Gasteiger partial charge in [0.1, 0.15) is 0 Å². The summed E-state index contributed by atoms with van der Waals surface area (Å²) in [6.07, 6.45) is 0.866. The molecule has 14 heavy (non-hydrogen) atoms. The van der Waals surface area contributed by atoms with Gasteiger partial charge in [-0.25, -0.2) is 13.6 Å². The number of primary sulfonamides is 1. The van der Waals surface area contributed by atoms with Crippen molar-refractivity contribution >= 4 is 26.0 Å². The molecule has 0 amide bonds. The van der Waals surface area contributed by atoms with Crippen LogP contribution in [0.3, 0.4) is 0 Å². The van der Waals surface area contributed by atoms with E-state index in [1.54, 1.807) is 12.1 Å². The lowest BCUT2D eigenvalue weighted by molar-refractivity contribution is 0.598. The van der Waals surface area contributed by atoms with Crippen LogP contribution >= 0.6 is 15.9 Å². The average Bonchev–Trinajstić information content (AvgIpc) is 2.02. The van der Waals surface area contributed by atoms with E-state index < -0.39 is 10.0 Å². The number of alkyl halides is 1. The van der Waals surface area contributed by atoms with E-state index in [2.05, 4.69) is 15.9 Å². The van der Waals surface area contributed by atoms with Crippen molar-refractivity contribution in [1.82, 2.24) is 0 Å². The Bertz CT molecular complexity index is 397. The summed E-state index contributed by atoms with van der Waals surface area (Å²) in [5.41, 5.74) is 1.08. The molecule has 0 aliphatic carbocycles. The van der Waals surface area contributed by atoms with E-state index in [9.17, 15) is 8.42 Å². The van der Waals surface area contributed by atoms with Crippen LogP contribution in [0.2, 0.25) is 0 Å². The average molecular weight is 278 g/mol. The van der Waals surface area contributed by atoms with Crippen molar-refractivity contribution in [3.63, 3.8) is 0 Å². The van der Waals surface area contributed by atoms with Crippen molar-refractivity contribution in [3.8, 4) is 0 Å². The van der Waals surface area contributed by atoms with Crippen LogP contribution in [0.15, 0.2) is 29.2 Å². The Morgan fingerprint density at radius 2 is 1.86 bits per heavy atom. The lowest BCUT2D eigenvalue weighted by Gasteiger charge is -2.04. The summed E-state index contributed by atoms with van der Waals surface area (Å²) in [7, 11) is -3.56. The largest absolute Gasteiger partial charge is 0.238 e. The molecule has 0 saturated carbocycles. The molecule has 0 spiro atoms. The molecule has 5 heteroatoms. The fourth-order valence-corrected chi connectivity index (χ4v) is 2.03. The van der Waals surface area contributed by atoms with Crippen molar-refractivity contribution < 1.29 is 8.42 Å². The summed E-state index contributed by atoms with van der Waals surface area (Å²) in [5.74, 6) is 0. The molecule has 1 unspecified atom stereocenters. The van der Waals surface area contributed by atoms with Gasteiger partial charge in [0.2, 0.25) is 10.0 Å². The van der Waals surface area contributed by atoms with Gasteiger partial charge < -0.3 is 0 Å². The maximum absolute atomic E-state index is 10.9. The van der Waals surface area contributed by atoms with Gasteiger partial charge in [0.05, 0.1) is 4.90 Å². The minimum absolute atomic E-state index is 0.156. The minimum Gasteiger partial charge on any atom is -0.225 e. The van der Waals surface area contributed by atoms with Gasteiger partial charge in [-0.05, 0) is 24.1 Å². The summed E-state index contributed by atoms with van der Waals surface area (Å²) in [4.78, 5) is 0.534. The number of rotatable bonds is 3. The van der Waals surface area contributed by atoms with Crippen molar-refractivity contribution in [3.05, 3.63) is 29.8 Å². The zero-order valence-corrected chi connectivity index (χ0v) is 10.2. The van der Waals surface area contributed by atoms with E-state index in [1.807, 2.05) is 6.92 Å². The maximum atomic E-state index is 10.9. The van der Waals surface area contributed by atoms with Crippen LogP contribution < -0.4 is 5.14 Å². The molecule has 0 fully saturated rings. The number of hydrogen-bond acceptors (Lipinski definition) is 2. The Hall–Kier alpha value is -0.390. The third-order valence-corrected chi connectivity index (χ3v) is 3.02. The Balaban J connectivity index is 2.90. The quantitative estimate of drug-likeness (QED) is 0.855. The molecule has 1 aromatic carbocycles. The number of hydrogen-bond donors (Lipinski definition) is 1. The summed E-state index contributed by atoms with van der Waals surface area (Å²) in [5, 5.41) is 4.97. The van der Waals surface area contributed by atoms with E-state index in [0.29, 0.717) is 4.83 Å². The second-order valence-electron chi connectivity index (χ2n) is 3.17. The molecule has 1 atom stereocenters. The topological polar surface area (TPSA) is 60.2 Å². The van der Waals surface area contributed by atoms with Gasteiger partial charge in [0.25, 0.3) is 0 Å². The smallest absolute Gasteiger partial charge is 0.225 e. The van der Waals surface area contributed by atoms with Gasteiger partial charge in [-0.2, -0.15) is 0 Å². The monoisotopic (exact) mass is 277 g/mol. The maximum Gasteiger partial charge on any atom is 0.238 e. The first-order valence-electron chi connectivity index (χ1n) is 4.15. The van der Waals surface area contributed by atoms with E-state index in [1.165, 1.54) is 12.1 Å². The highest BCUT2D eigenvalue weighted by Crippen LogP contribution is 2.12. The number of halogens is 1. The van der Waals surface area contributed by atoms with Crippen molar-refractivity contribution in [1.29, 1.82) is 0 Å². The minimum atomic E-state index is -3.56.